The van der Waals surface area contributed by atoms with Crippen molar-refractivity contribution in [1.29, 1.82) is 0 Å². The molecule has 2 aliphatic rings. The van der Waals surface area contributed by atoms with Crippen LogP contribution >= 0.6 is 0 Å². The molecular formula is C20H31FN4O2. The number of likely N-dealkylation sites (tertiary alicyclic amines) is 1. The molecule has 2 saturated heterocycles. The van der Waals surface area contributed by atoms with Crippen molar-refractivity contribution >= 4 is 5.96 Å². The summed E-state index contributed by atoms with van der Waals surface area (Å²) in [5.74, 6) is 1.28. The lowest BCUT2D eigenvalue weighted by molar-refractivity contribution is 0.0169. The van der Waals surface area contributed by atoms with Crippen molar-refractivity contribution in [1.82, 2.24) is 15.1 Å². The second kappa shape index (κ2) is 10.0. The summed E-state index contributed by atoms with van der Waals surface area (Å²) in [5, 5.41) is 3.54. The number of rotatable bonds is 6. The van der Waals surface area contributed by atoms with Crippen LogP contribution in [0.4, 0.5) is 4.39 Å². The number of halogens is 1. The van der Waals surface area contributed by atoms with Crippen molar-refractivity contribution in [3.05, 3.63) is 35.6 Å². The first-order chi connectivity index (χ1) is 13.2. The van der Waals surface area contributed by atoms with Gasteiger partial charge in [-0.2, -0.15) is 0 Å². The van der Waals surface area contributed by atoms with Crippen LogP contribution in [0.25, 0.3) is 0 Å². The molecule has 0 spiro atoms. The molecule has 2 atom stereocenters. The molecule has 1 aromatic rings. The number of guanidine groups is 1. The minimum absolute atomic E-state index is 0.156. The standard InChI is InChI=1S/C20H31FN4O2/c1-22-20(25-8-7-16(14-25)15-26-2)23-13-19(24-9-11-27-12-10-24)17-3-5-18(21)6-4-17/h3-6,16,19H,7-15H2,1-2H3,(H,22,23). The van der Waals surface area contributed by atoms with Gasteiger partial charge >= 0.3 is 0 Å². The molecule has 0 amide bonds. The zero-order valence-corrected chi connectivity index (χ0v) is 16.4. The average molecular weight is 378 g/mol. The van der Waals surface area contributed by atoms with Gasteiger partial charge in [0.15, 0.2) is 5.96 Å². The summed E-state index contributed by atoms with van der Waals surface area (Å²) in [6.07, 6.45) is 1.12. The maximum Gasteiger partial charge on any atom is 0.193 e. The highest BCUT2D eigenvalue weighted by Crippen LogP contribution is 2.22. The van der Waals surface area contributed by atoms with Gasteiger partial charge in [-0.3, -0.25) is 9.89 Å². The van der Waals surface area contributed by atoms with E-state index in [1.54, 1.807) is 7.11 Å². The molecule has 3 rings (SSSR count). The lowest BCUT2D eigenvalue weighted by Gasteiger charge is -2.35. The Bertz CT molecular complexity index is 605. The van der Waals surface area contributed by atoms with Crippen LogP contribution in [0.2, 0.25) is 0 Å². The zero-order valence-electron chi connectivity index (χ0n) is 16.4. The van der Waals surface area contributed by atoms with E-state index >= 15 is 0 Å². The predicted molar refractivity (Wildman–Crippen MR) is 104 cm³/mol. The molecule has 2 fully saturated rings. The zero-order chi connectivity index (χ0) is 19.1. The van der Waals surface area contributed by atoms with Gasteiger partial charge in [0.05, 0.1) is 25.9 Å². The Morgan fingerprint density at radius 1 is 1.30 bits per heavy atom. The van der Waals surface area contributed by atoms with E-state index in [2.05, 4.69) is 20.1 Å². The summed E-state index contributed by atoms with van der Waals surface area (Å²) in [6.45, 7) is 6.69. The van der Waals surface area contributed by atoms with Gasteiger partial charge in [0.2, 0.25) is 0 Å². The van der Waals surface area contributed by atoms with Gasteiger partial charge in [-0.1, -0.05) is 12.1 Å². The van der Waals surface area contributed by atoms with E-state index in [9.17, 15) is 4.39 Å². The minimum Gasteiger partial charge on any atom is -0.384 e. The molecule has 1 N–H and O–H groups in total. The van der Waals surface area contributed by atoms with Gasteiger partial charge < -0.3 is 19.7 Å². The minimum atomic E-state index is -0.204. The Hall–Kier alpha value is -1.70. The number of aliphatic imine (C=N–C) groups is 1. The average Bonchev–Trinajstić information content (AvgIpc) is 3.16. The first-order valence-electron chi connectivity index (χ1n) is 9.73. The van der Waals surface area contributed by atoms with Crippen molar-refractivity contribution < 1.29 is 13.9 Å². The molecular weight excluding hydrogens is 347 g/mol. The summed E-state index contributed by atoms with van der Waals surface area (Å²) in [7, 11) is 3.58. The Morgan fingerprint density at radius 3 is 2.70 bits per heavy atom. The van der Waals surface area contributed by atoms with Crippen molar-refractivity contribution in [3.63, 3.8) is 0 Å². The smallest absolute Gasteiger partial charge is 0.193 e. The number of hydrogen-bond donors (Lipinski definition) is 1. The number of nitrogens with one attached hydrogen (secondary N) is 1. The highest BCUT2D eigenvalue weighted by Gasteiger charge is 2.27. The third-order valence-electron chi connectivity index (χ3n) is 5.39. The number of hydrogen-bond acceptors (Lipinski definition) is 4. The van der Waals surface area contributed by atoms with E-state index in [4.69, 9.17) is 9.47 Å². The van der Waals surface area contributed by atoms with E-state index in [1.807, 2.05) is 19.2 Å². The second-order valence-corrected chi connectivity index (χ2v) is 7.20. The molecule has 2 aliphatic heterocycles. The summed E-state index contributed by atoms with van der Waals surface area (Å²) < 4.78 is 24.2. The van der Waals surface area contributed by atoms with Crippen LogP contribution in [-0.4, -0.2) is 82.5 Å². The molecule has 2 unspecified atom stereocenters. The fourth-order valence-corrected chi connectivity index (χ4v) is 3.95. The molecule has 0 saturated carbocycles. The molecule has 7 heteroatoms. The van der Waals surface area contributed by atoms with Gasteiger partial charge in [0, 0.05) is 52.8 Å². The SMILES string of the molecule is CN=C(NCC(c1ccc(F)cc1)N1CCOCC1)N1CCC(COC)C1. The Balaban J connectivity index is 1.65. The van der Waals surface area contributed by atoms with E-state index in [0.29, 0.717) is 5.92 Å². The second-order valence-electron chi connectivity index (χ2n) is 7.20. The Morgan fingerprint density at radius 2 is 2.04 bits per heavy atom. The molecule has 1 aromatic carbocycles. The summed E-state index contributed by atoms with van der Waals surface area (Å²) >= 11 is 0. The van der Waals surface area contributed by atoms with Crippen LogP contribution in [0.3, 0.4) is 0 Å². The molecule has 6 nitrogen and oxygen atoms in total. The highest BCUT2D eigenvalue weighted by molar-refractivity contribution is 5.80. The van der Waals surface area contributed by atoms with E-state index < -0.39 is 0 Å². The number of benzene rings is 1. The van der Waals surface area contributed by atoms with Crippen molar-refractivity contribution in [3.8, 4) is 0 Å². The monoisotopic (exact) mass is 378 g/mol. The fraction of sp³-hybridized carbons (Fsp3) is 0.650. The van der Waals surface area contributed by atoms with Crippen LogP contribution in [0.5, 0.6) is 0 Å². The molecule has 27 heavy (non-hydrogen) atoms. The molecule has 0 bridgehead atoms. The van der Waals surface area contributed by atoms with Crippen molar-refractivity contribution in [2.45, 2.75) is 12.5 Å². The third kappa shape index (κ3) is 5.40. The largest absolute Gasteiger partial charge is 0.384 e. The van der Waals surface area contributed by atoms with Crippen LogP contribution in [0.15, 0.2) is 29.3 Å². The third-order valence-corrected chi connectivity index (χ3v) is 5.39. The lowest BCUT2D eigenvalue weighted by atomic mass is 10.0. The number of morpholine rings is 1. The number of nitrogens with zero attached hydrogens (tertiary/aromatic N) is 3. The first kappa shape index (κ1) is 20.0. The van der Waals surface area contributed by atoms with E-state index in [-0.39, 0.29) is 11.9 Å². The van der Waals surface area contributed by atoms with Gasteiger partial charge in [0.25, 0.3) is 0 Å². The quantitative estimate of drug-likeness (QED) is 0.604. The Kier molecular flexibility index (Phi) is 7.43. The molecule has 0 aromatic heterocycles. The molecule has 0 aliphatic carbocycles. The topological polar surface area (TPSA) is 49.3 Å². The van der Waals surface area contributed by atoms with Crippen LogP contribution in [-0.2, 0) is 9.47 Å². The number of methoxy groups -OCH3 is 1. The van der Waals surface area contributed by atoms with E-state index in [0.717, 1.165) is 70.5 Å². The maximum absolute atomic E-state index is 13.4. The van der Waals surface area contributed by atoms with E-state index in [1.165, 1.54) is 12.1 Å². The van der Waals surface area contributed by atoms with Gasteiger partial charge in [-0.25, -0.2) is 4.39 Å². The Labute approximate surface area is 161 Å². The molecule has 150 valence electrons. The summed E-state index contributed by atoms with van der Waals surface area (Å²) in [4.78, 5) is 9.17. The van der Waals surface area contributed by atoms with Crippen LogP contribution < -0.4 is 5.32 Å². The number of ether oxygens (including phenoxy) is 2. The summed E-state index contributed by atoms with van der Waals surface area (Å²) in [6, 6.07) is 6.99. The summed E-state index contributed by atoms with van der Waals surface area (Å²) in [5.41, 5.74) is 1.11. The van der Waals surface area contributed by atoms with Gasteiger partial charge in [0.1, 0.15) is 5.82 Å². The molecule has 0 radical (unpaired) electrons. The van der Waals surface area contributed by atoms with Crippen molar-refractivity contribution in [2.24, 2.45) is 10.9 Å². The predicted octanol–water partition coefficient (Wildman–Crippen LogP) is 1.74. The van der Waals surface area contributed by atoms with Crippen molar-refractivity contribution in [2.75, 3.05) is 66.7 Å². The fourth-order valence-electron chi connectivity index (χ4n) is 3.95. The lowest BCUT2D eigenvalue weighted by Crippen LogP contribution is -2.47. The highest BCUT2D eigenvalue weighted by atomic mass is 19.1. The first-order valence-corrected chi connectivity index (χ1v) is 9.73. The van der Waals surface area contributed by atoms with Crippen LogP contribution in [0.1, 0.15) is 18.0 Å². The normalized spacial score (nSPS) is 22.9. The molecule has 2 heterocycles. The van der Waals surface area contributed by atoms with Crippen LogP contribution in [0, 0.1) is 11.7 Å². The van der Waals surface area contributed by atoms with Gasteiger partial charge in [-0.15, -0.1) is 0 Å². The maximum atomic E-state index is 13.4. The van der Waals surface area contributed by atoms with Gasteiger partial charge in [-0.05, 0) is 24.1 Å².